The third-order valence-corrected chi connectivity index (χ3v) is 9.86. The number of para-hydroxylation sites is 1. The molecule has 9 aromatic rings. The Hall–Kier alpha value is -6.18. The second kappa shape index (κ2) is 10.2. The molecule has 0 unspecified atom stereocenters. The summed E-state index contributed by atoms with van der Waals surface area (Å²) in [6, 6.07) is 61.5. The fraction of sp³-hybridized carbons (Fsp3) is 0. The smallest absolute Gasteiger partial charge is 0.135 e. The molecule has 1 aliphatic heterocycles. The molecule has 0 amide bonds. The lowest BCUT2D eigenvalue weighted by Crippen LogP contribution is -1.98. The summed E-state index contributed by atoms with van der Waals surface area (Å²) in [5.74, 6) is 1.81. The molecule has 47 heavy (non-hydrogen) atoms. The third kappa shape index (κ3) is 3.84. The number of rotatable bonds is 3. The molecule has 0 saturated carbocycles. The third-order valence-electron chi connectivity index (χ3n) is 9.86. The summed E-state index contributed by atoms with van der Waals surface area (Å²) >= 11 is 0. The Morgan fingerprint density at radius 3 is 1.66 bits per heavy atom. The van der Waals surface area contributed by atoms with Crippen LogP contribution in [0.1, 0.15) is 0 Å². The van der Waals surface area contributed by atoms with Crippen LogP contribution < -0.4 is 4.74 Å². The summed E-state index contributed by atoms with van der Waals surface area (Å²) in [6.07, 6.45) is 0. The van der Waals surface area contributed by atoms with Crippen molar-refractivity contribution < 1.29 is 4.74 Å². The first-order valence-electron chi connectivity index (χ1n) is 16.2. The van der Waals surface area contributed by atoms with Gasteiger partial charge in [-0.25, -0.2) is 0 Å². The summed E-state index contributed by atoms with van der Waals surface area (Å²) in [7, 11) is 0. The molecular weight excluding hydrogens is 569 g/mol. The van der Waals surface area contributed by atoms with Crippen LogP contribution in [0.5, 0.6) is 11.5 Å². The summed E-state index contributed by atoms with van der Waals surface area (Å²) in [6.45, 7) is 0. The Balaban J connectivity index is 1.41. The summed E-state index contributed by atoms with van der Waals surface area (Å²) in [4.78, 5) is 0. The van der Waals surface area contributed by atoms with Gasteiger partial charge in [0.15, 0.2) is 0 Å². The molecule has 0 saturated heterocycles. The van der Waals surface area contributed by atoms with Crippen molar-refractivity contribution in [2.75, 3.05) is 0 Å². The standard InChI is InChI=1S/C46H28O/c1-3-13-29(14-4-1)31-20-11-21-34-32(31)25-28-40-43(30-15-5-2-6-16-30)35-18-7-8-19-37(35)45(46(34)40)39-27-26-38-33-17-9-10-23-41(33)47-42-24-12-22-36(39)44(38)42/h1-28H. The van der Waals surface area contributed by atoms with E-state index in [1.54, 1.807) is 0 Å². The topological polar surface area (TPSA) is 9.23 Å². The van der Waals surface area contributed by atoms with Gasteiger partial charge in [-0.1, -0.05) is 158 Å². The van der Waals surface area contributed by atoms with Crippen molar-refractivity contribution in [3.63, 3.8) is 0 Å². The minimum atomic E-state index is 0.905. The molecule has 9 aromatic carbocycles. The quantitative estimate of drug-likeness (QED) is 0.146. The van der Waals surface area contributed by atoms with Gasteiger partial charge in [-0.05, 0) is 88.8 Å². The SMILES string of the molecule is c1ccc(-c2cccc3c2ccc2c(-c4ccccc4)c4ccccc4c(-c4ccc5c6c(cccc46)Oc4ccccc4-5)c23)cc1. The lowest BCUT2D eigenvalue weighted by Gasteiger charge is -2.24. The summed E-state index contributed by atoms with van der Waals surface area (Å²) in [5.41, 5.74) is 9.78. The highest BCUT2D eigenvalue weighted by Gasteiger charge is 2.24. The molecule has 1 heteroatoms. The Labute approximate surface area is 272 Å². The Bertz CT molecular complexity index is 2690. The van der Waals surface area contributed by atoms with E-state index in [2.05, 4.69) is 164 Å². The lowest BCUT2D eigenvalue weighted by atomic mass is 9.81. The summed E-state index contributed by atoms with van der Waals surface area (Å²) < 4.78 is 6.53. The highest BCUT2D eigenvalue weighted by atomic mass is 16.5. The van der Waals surface area contributed by atoms with Crippen LogP contribution in [0.3, 0.4) is 0 Å². The van der Waals surface area contributed by atoms with E-state index in [1.807, 2.05) is 6.07 Å². The Morgan fingerprint density at radius 2 is 0.830 bits per heavy atom. The molecule has 1 heterocycles. The first-order chi connectivity index (χ1) is 23.3. The average molecular weight is 597 g/mol. The van der Waals surface area contributed by atoms with Crippen molar-refractivity contribution in [1.29, 1.82) is 0 Å². The van der Waals surface area contributed by atoms with Gasteiger partial charge in [-0.2, -0.15) is 0 Å². The number of fused-ring (bicyclic) bond motifs is 6. The van der Waals surface area contributed by atoms with E-state index in [1.165, 1.54) is 82.0 Å². The predicted molar refractivity (Wildman–Crippen MR) is 198 cm³/mol. The Kier molecular flexibility index (Phi) is 5.64. The van der Waals surface area contributed by atoms with Crippen molar-refractivity contribution in [2.45, 2.75) is 0 Å². The molecule has 0 fully saturated rings. The van der Waals surface area contributed by atoms with E-state index in [9.17, 15) is 0 Å². The van der Waals surface area contributed by atoms with Crippen LogP contribution in [-0.2, 0) is 0 Å². The average Bonchev–Trinajstić information content (AvgIpc) is 3.14. The molecule has 10 rings (SSSR count). The van der Waals surface area contributed by atoms with Gasteiger partial charge >= 0.3 is 0 Å². The van der Waals surface area contributed by atoms with E-state index in [0.717, 1.165) is 17.1 Å². The maximum atomic E-state index is 6.53. The number of benzene rings is 9. The molecular formula is C46H28O. The van der Waals surface area contributed by atoms with Crippen molar-refractivity contribution in [2.24, 2.45) is 0 Å². The maximum Gasteiger partial charge on any atom is 0.135 e. The molecule has 0 N–H and O–H groups in total. The van der Waals surface area contributed by atoms with E-state index >= 15 is 0 Å². The number of hydrogen-bond acceptors (Lipinski definition) is 1. The van der Waals surface area contributed by atoms with E-state index < -0.39 is 0 Å². The van der Waals surface area contributed by atoms with Gasteiger partial charge in [0, 0.05) is 10.9 Å². The van der Waals surface area contributed by atoms with Crippen molar-refractivity contribution >= 4 is 43.1 Å². The largest absolute Gasteiger partial charge is 0.456 e. The van der Waals surface area contributed by atoms with Crippen molar-refractivity contribution in [1.82, 2.24) is 0 Å². The molecule has 0 aromatic heterocycles. The van der Waals surface area contributed by atoms with E-state index in [0.29, 0.717) is 0 Å². The molecule has 218 valence electrons. The van der Waals surface area contributed by atoms with Gasteiger partial charge in [0.1, 0.15) is 11.5 Å². The van der Waals surface area contributed by atoms with Gasteiger partial charge in [0.05, 0.1) is 0 Å². The van der Waals surface area contributed by atoms with Gasteiger partial charge in [-0.3, -0.25) is 0 Å². The monoisotopic (exact) mass is 596 g/mol. The van der Waals surface area contributed by atoms with E-state index in [4.69, 9.17) is 4.74 Å². The molecule has 0 atom stereocenters. The van der Waals surface area contributed by atoms with Crippen LogP contribution in [0.4, 0.5) is 0 Å². The van der Waals surface area contributed by atoms with Crippen LogP contribution in [-0.4, -0.2) is 0 Å². The second-order valence-corrected chi connectivity index (χ2v) is 12.4. The van der Waals surface area contributed by atoms with Crippen LogP contribution in [0, 0.1) is 0 Å². The highest BCUT2D eigenvalue weighted by molar-refractivity contribution is 6.30. The highest BCUT2D eigenvalue weighted by Crippen LogP contribution is 2.52. The van der Waals surface area contributed by atoms with Gasteiger partial charge in [0.2, 0.25) is 0 Å². The minimum absolute atomic E-state index is 0.905. The lowest BCUT2D eigenvalue weighted by molar-refractivity contribution is 0.487. The number of ether oxygens (including phenoxy) is 1. The first-order valence-corrected chi connectivity index (χ1v) is 16.2. The van der Waals surface area contributed by atoms with Crippen LogP contribution >= 0.6 is 0 Å². The molecule has 1 nitrogen and oxygen atoms in total. The zero-order chi connectivity index (χ0) is 30.9. The molecule has 0 radical (unpaired) electrons. The Morgan fingerprint density at radius 1 is 0.255 bits per heavy atom. The van der Waals surface area contributed by atoms with Gasteiger partial charge < -0.3 is 4.74 Å². The predicted octanol–water partition coefficient (Wildman–Crippen LogP) is 13.1. The summed E-state index contributed by atoms with van der Waals surface area (Å²) in [5, 5.41) is 9.89. The fourth-order valence-corrected chi connectivity index (χ4v) is 7.90. The number of hydrogen-bond donors (Lipinski definition) is 0. The van der Waals surface area contributed by atoms with Gasteiger partial charge in [-0.15, -0.1) is 0 Å². The van der Waals surface area contributed by atoms with Crippen molar-refractivity contribution in [3.8, 4) is 56.0 Å². The zero-order valence-electron chi connectivity index (χ0n) is 25.6. The first kappa shape index (κ1) is 26.1. The maximum absolute atomic E-state index is 6.53. The molecule has 0 spiro atoms. The van der Waals surface area contributed by atoms with Crippen LogP contribution in [0.15, 0.2) is 170 Å². The zero-order valence-corrected chi connectivity index (χ0v) is 25.6. The minimum Gasteiger partial charge on any atom is -0.456 e. The van der Waals surface area contributed by atoms with E-state index in [-0.39, 0.29) is 0 Å². The van der Waals surface area contributed by atoms with Gasteiger partial charge in [0.25, 0.3) is 0 Å². The second-order valence-electron chi connectivity index (χ2n) is 12.4. The van der Waals surface area contributed by atoms with Crippen molar-refractivity contribution in [3.05, 3.63) is 170 Å². The van der Waals surface area contributed by atoms with Crippen LogP contribution in [0.25, 0.3) is 87.6 Å². The fourth-order valence-electron chi connectivity index (χ4n) is 7.90. The molecule has 1 aliphatic rings. The molecule has 0 aliphatic carbocycles. The molecule has 0 bridgehead atoms. The normalized spacial score (nSPS) is 12.0. The van der Waals surface area contributed by atoms with Crippen LogP contribution in [0.2, 0.25) is 0 Å².